The first kappa shape index (κ1) is 29.3. The fourth-order valence-corrected chi connectivity index (χ4v) is 7.16. The number of amides is 2. The van der Waals surface area contributed by atoms with Crippen molar-refractivity contribution in [2.45, 2.75) is 66.9 Å². The maximum atomic E-state index is 13.2. The number of allylic oxidation sites excluding steroid dienone is 1. The van der Waals surface area contributed by atoms with Crippen molar-refractivity contribution in [3.8, 4) is 5.75 Å². The normalized spacial score (nSPS) is 23.9. The largest absolute Gasteiger partial charge is 0.504 e. The average Bonchev–Trinajstić information content (AvgIpc) is 3.41. The van der Waals surface area contributed by atoms with Gasteiger partial charge in [-0.2, -0.15) is 13.2 Å². The number of sulfone groups is 1. The Hall–Kier alpha value is -2.22. The predicted molar refractivity (Wildman–Crippen MR) is 131 cm³/mol. The van der Waals surface area contributed by atoms with Gasteiger partial charge in [-0.3, -0.25) is 0 Å². The van der Waals surface area contributed by atoms with E-state index in [-0.39, 0.29) is 27.7 Å². The third-order valence-corrected chi connectivity index (χ3v) is 9.55. The highest BCUT2D eigenvalue weighted by atomic mass is 35.5. The van der Waals surface area contributed by atoms with Crippen LogP contribution < -0.4 is 10.6 Å². The number of hydrogen-bond acceptors (Lipinski definition) is 6. The molecule has 1 atom stereocenters. The van der Waals surface area contributed by atoms with E-state index in [2.05, 4.69) is 15.5 Å². The Bertz CT molecular complexity index is 1170. The molecule has 0 bridgehead atoms. The van der Waals surface area contributed by atoms with Gasteiger partial charge in [-0.1, -0.05) is 29.3 Å². The highest BCUT2D eigenvalue weighted by Gasteiger charge is 2.44. The maximum Gasteiger partial charge on any atom is 0.490 e. The van der Waals surface area contributed by atoms with Crippen molar-refractivity contribution in [2.24, 2.45) is 0 Å². The van der Waals surface area contributed by atoms with Gasteiger partial charge in [-0.15, -0.1) is 0 Å². The molecule has 4 rings (SSSR count). The Morgan fingerprint density at radius 3 is 2.22 bits per heavy atom. The number of urea groups is 1. The second kappa shape index (κ2) is 11.7. The van der Waals surface area contributed by atoms with E-state index in [0.717, 1.165) is 32.4 Å². The van der Waals surface area contributed by atoms with Crippen LogP contribution >= 0.6 is 23.2 Å². The molecule has 2 aliphatic carbocycles. The molecular formula is C22H26Cl2F3N3O6S. The number of phenols is 1. The van der Waals surface area contributed by atoms with Crippen molar-refractivity contribution in [3.63, 3.8) is 0 Å². The number of rotatable bonds is 5. The number of alkyl halides is 3. The Labute approximate surface area is 221 Å². The summed E-state index contributed by atoms with van der Waals surface area (Å²) in [7, 11) is -3.83. The Morgan fingerprint density at radius 2 is 1.70 bits per heavy atom. The van der Waals surface area contributed by atoms with E-state index >= 15 is 0 Å². The van der Waals surface area contributed by atoms with Crippen LogP contribution in [-0.4, -0.2) is 72.1 Å². The molecule has 1 heterocycles. The summed E-state index contributed by atoms with van der Waals surface area (Å²) >= 11 is 12.2. The summed E-state index contributed by atoms with van der Waals surface area (Å²) in [6.07, 6.45) is 1.59. The van der Waals surface area contributed by atoms with Gasteiger partial charge in [0.15, 0.2) is 15.6 Å². The summed E-state index contributed by atoms with van der Waals surface area (Å²) in [6.45, 7) is 2.02. The monoisotopic (exact) mass is 587 g/mol. The lowest BCUT2D eigenvalue weighted by atomic mass is 9.91. The topological polar surface area (TPSA) is 136 Å². The second-order valence-corrected chi connectivity index (χ2v) is 11.9. The quantitative estimate of drug-likeness (QED) is 0.373. The molecule has 206 valence electrons. The van der Waals surface area contributed by atoms with Gasteiger partial charge in [0.2, 0.25) is 0 Å². The molecule has 1 saturated carbocycles. The average molecular weight is 588 g/mol. The van der Waals surface area contributed by atoms with Gasteiger partial charge in [-0.25, -0.2) is 18.0 Å². The third kappa shape index (κ3) is 7.01. The number of anilines is 1. The molecule has 9 nitrogen and oxygen atoms in total. The number of benzene rings is 1. The lowest BCUT2D eigenvalue weighted by Gasteiger charge is -2.40. The van der Waals surface area contributed by atoms with Gasteiger partial charge < -0.3 is 25.7 Å². The molecule has 1 saturated heterocycles. The van der Waals surface area contributed by atoms with Gasteiger partial charge in [0.05, 0.1) is 22.0 Å². The number of nitrogens with zero attached hydrogens (tertiary/aromatic N) is 1. The van der Waals surface area contributed by atoms with Crippen molar-refractivity contribution < 1.29 is 41.4 Å². The zero-order valence-electron chi connectivity index (χ0n) is 19.4. The summed E-state index contributed by atoms with van der Waals surface area (Å²) in [4.78, 5) is 23.2. The summed E-state index contributed by atoms with van der Waals surface area (Å²) in [5.74, 6) is -3.29. The van der Waals surface area contributed by atoms with Crippen molar-refractivity contribution in [1.82, 2.24) is 10.2 Å². The molecule has 37 heavy (non-hydrogen) atoms. The Kier molecular flexibility index (Phi) is 9.25. The number of carbonyl (C=O) groups is 2. The van der Waals surface area contributed by atoms with E-state index in [4.69, 9.17) is 33.1 Å². The van der Waals surface area contributed by atoms with E-state index in [1.165, 1.54) is 12.1 Å². The highest BCUT2D eigenvalue weighted by molar-refractivity contribution is 7.92. The summed E-state index contributed by atoms with van der Waals surface area (Å²) in [5.41, 5.74) is -0.0102. The number of halogens is 5. The maximum absolute atomic E-state index is 13.2. The third-order valence-electron chi connectivity index (χ3n) is 6.46. The van der Waals surface area contributed by atoms with Crippen LogP contribution in [-0.2, 0) is 14.6 Å². The van der Waals surface area contributed by atoms with Crippen LogP contribution in [0.3, 0.4) is 0 Å². The molecule has 0 radical (unpaired) electrons. The van der Waals surface area contributed by atoms with Gasteiger partial charge in [-0.05, 0) is 63.7 Å². The molecule has 1 unspecified atom stereocenters. The first-order chi connectivity index (χ1) is 17.2. The Morgan fingerprint density at radius 1 is 1.11 bits per heavy atom. The molecule has 3 aliphatic rings. The van der Waals surface area contributed by atoms with E-state index < -0.39 is 39.0 Å². The Balaban J connectivity index is 0.000000479. The molecule has 1 aliphatic heterocycles. The van der Waals surface area contributed by atoms with Crippen molar-refractivity contribution in [2.75, 3.05) is 18.4 Å². The number of aliphatic carboxylic acids is 1. The minimum Gasteiger partial charge on any atom is -0.504 e. The van der Waals surface area contributed by atoms with Gasteiger partial charge in [0.1, 0.15) is 4.90 Å². The lowest BCUT2D eigenvalue weighted by Crippen LogP contribution is -2.48. The SMILES string of the molecule is O=C(Nc1ccc(Cl)c(S(=O)(=O)C2CC(N3CCCC3)C2)c1O)NC1CCC=C1Cl.O=C(O)C(F)(F)F. The minimum absolute atomic E-state index is 0.0102. The summed E-state index contributed by atoms with van der Waals surface area (Å²) in [5, 5.41) is 22.9. The first-order valence-electron chi connectivity index (χ1n) is 11.4. The second-order valence-electron chi connectivity index (χ2n) is 8.93. The van der Waals surface area contributed by atoms with E-state index in [0.29, 0.717) is 24.3 Å². The van der Waals surface area contributed by atoms with Crippen molar-refractivity contribution in [1.29, 1.82) is 0 Å². The highest BCUT2D eigenvalue weighted by Crippen LogP contribution is 2.43. The standard InChI is InChI=1S/C20H25Cl2N3O4S.C2HF3O2/c21-14-4-3-5-16(14)23-20(27)24-17-7-6-15(22)19(18(17)26)30(28,29)13-10-12(11-13)25-8-1-2-9-25;3-2(4,5)1(6)7/h4,6-7,12-13,16,26H,1-3,5,8-11H2,(H2,23,24,27);(H,6,7). The van der Waals surface area contributed by atoms with Crippen LogP contribution in [0.2, 0.25) is 5.02 Å². The number of aromatic hydroxyl groups is 1. The van der Waals surface area contributed by atoms with E-state index in [1.54, 1.807) is 0 Å². The van der Waals surface area contributed by atoms with Crippen LogP contribution in [0.5, 0.6) is 5.75 Å². The summed E-state index contributed by atoms with van der Waals surface area (Å²) in [6, 6.07) is 2.16. The van der Waals surface area contributed by atoms with Crippen molar-refractivity contribution >= 4 is 50.7 Å². The molecule has 2 fully saturated rings. The van der Waals surface area contributed by atoms with E-state index in [1.807, 2.05) is 6.08 Å². The summed E-state index contributed by atoms with van der Waals surface area (Å²) < 4.78 is 58.1. The number of nitrogens with one attached hydrogen (secondary N) is 2. The van der Waals surface area contributed by atoms with Crippen LogP contribution in [0.25, 0.3) is 0 Å². The fraction of sp³-hybridized carbons (Fsp3) is 0.545. The number of carboxylic acids is 1. The van der Waals surface area contributed by atoms with Crippen molar-refractivity contribution in [3.05, 3.63) is 28.3 Å². The molecule has 2 amide bonds. The predicted octanol–water partition coefficient (Wildman–Crippen LogP) is 4.49. The first-order valence-corrected chi connectivity index (χ1v) is 13.7. The number of carbonyl (C=O) groups excluding carboxylic acids is 1. The molecule has 4 N–H and O–H groups in total. The van der Waals surface area contributed by atoms with E-state index in [9.17, 15) is 31.5 Å². The minimum atomic E-state index is -5.08. The fourth-order valence-electron chi connectivity index (χ4n) is 4.41. The number of phenolic OH excluding ortho intramolecular Hbond substituents is 1. The molecule has 15 heteroatoms. The lowest BCUT2D eigenvalue weighted by molar-refractivity contribution is -0.192. The molecule has 0 spiro atoms. The number of carboxylic acid groups (broad SMARTS) is 1. The van der Waals surface area contributed by atoms with Crippen LogP contribution in [0.1, 0.15) is 38.5 Å². The van der Waals surface area contributed by atoms with Crippen LogP contribution in [0.15, 0.2) is 28.1 Å². The van der Waals surface area contributed by atoms with Crippen LogP contribution in [0, 0.1) is 0 Å². The zero-order chi connectivity index (χ0) is 27.5. The molecule has 0 aromatic heterocycles. The molecular weight excluding hydrogens is 562 g/mol. The number of likely N-dealkylation sites (tertiary alicyclic amines) is 1. The van der Waals surface area contributed by atoms with Gasteiger partial charge >= 0.3 is 18.2 Å². The smallest absolute Gasteiger partial charge is 0.490 e. The zero-order valence-corrected chi connectivity index (χ0v) is 21.7. The van der Waals surface area contributed by atoms with Crippen LogP contribution in [0.4, 0.5) is 23.7 Å². The van der Waals surface area contributed by atoms with Gasteiger partial charge in [0, 0.05) is 11.1 Å². The molecule has 1 aromatic carbocycles. The number of hydrogen-bond donors (Lipinski definition) is 4. The van der Waals surface area contributed by atoms with Gasteiger partial charge in [0.25, 0.3) is 0 Å². The molecule has 1 aromatic rings.